The molecule has 1 N–H and O–H groups in total. The molecule has 1 unspecified atom stereocenters. The molecule has 2 heterocycles. The second kappa shape index (κ2) is 7.40. The summed E-state index contributed by atoms with van der Waals surface area (Å²) < 4.78 is 2.02. The van der Waals surface area contributed by atoms with Crippen molar-refractivity contribution >= 4 is 11.3 Å². The highest BCUT2D eigenvalue weighted by atomic mass is 32.1. The summed E-state index contributed by atoms with van der Waals surface area (Å²) in [5.74, 6) is 1.07. The lowest BCUT2D eigenvalue weighted by atomic mass is 10.1. The van der Waals surface area contributed by atoms with Crippen molar-refractivity contribution in [2.24, 2.45) is 0 Å². The Kier molecular flexibility index (Phi) is 5.54. The van der Waals surface area contributed by atoms with E-state index in [1.165, 1.54) is 5.56 Å². The summed E-state index contributed by atoms with van der Waals surface area (Å²) in [4.78, 5) is 4.41. The zero-order valence-corrected chi connectivity index (χ0v) is 12.5. The van der Waals surface area contributed by atoms with Crippen molar-refractivity contribution in [1.82, 2.24) is 20.1 Å². The van der Waals surface area contributed by atoms with Gasteiger partial charge < -0.3 is 5.32 Å². The standard InChI is InChI=1S/C14H22N4S/c1-3-6-15-13(12-5-8-19-10-12)9-14-16-11-17-18(14)7-4-2/h5,8,10-11,13,15H,3-4,6-7,9H2,1-2H3. The Hall–Kier alpha value is -1.20. The molecule has 0 saturated carbocycles. The largest absolute Gasteiger partial charge is 0.310 e. The first kappa shape index (κ1) is 14.2. The van der Waals surface area contributed by atoms with Crippen molar-refractivity contribution in [2.45, 2.75) is 45.7 Å². The van der Waals surface area contributed by atoms with Crippen LogP contribution in [0.15, 0.2) is 23.2 Å². The first-order valence-corrected chi connectivity index (χ1v) is 7.91. The minimum absolute atomic E-state index is 0.339. The van der Waals surface area contributed by atoms with Gasteiger partial charge in [-0.3, -0.25) is 4.68 Å². The molecular formula is C14H22N4S. The Morgan fingerprint density at radius 2 is 2.26 bits per heavy atom. The van der Waals surface area contributed by atoms with Crippen molar-refractivity contribution in [1.29, 1.82) is 0 Å². The number of aromatic nitrogens is 3. The number of rotatable bonds is 8. The topological polar surface area (TPSA) is 42.7 Å². The summed E-state index contributed by atoms with van der Waals surface area (Å²) in [6, 6.07) is 2.53. The van der Waals surface area contributed by atoms with Gasteiger partial charge in [0.05, 0.1) is 0 Å². The minimum Gasteiger partial charge on any atom is -0.310 e. The van der Waals surface area contributed by atoms with E-state index >= 15 is 0 Å². The van der Waals surface area contributed by atoms with E-state index in [9.17, 15) is 0 Å². The molecule has 104 valence electrons. The van der Waals surface area contributed by atoms with Gasteiger partial charge in [-0.15, -0.1) is 0 Å². The summed E-state index contributed by atoms with van der Waals surface area (Å²) in [5, 5.41) is 12.3. The second-order valence-corrected chi connectivity index (χ2v) is 5.45. The molecule has 0 aliphatic carbocycles. The summed E-state index contributed by atoms with van der Waals surface area (Å²) >= 11 is 1.75. The fourth-order valence-electron chi connectivity index (χ4n) is 2.13. The maximum Gasteiger partial charge on any atom is 0.138 e. The van der Waals surface area contributed by atoms with Gasteiger partial charge in [0.2, 0.25) is 0 Å². The molecule has 0 radical (unpaired) electrons. The predicted molar refractivity (Wildman–Crippen MR) is 79.4 cm³/mol. The molecule has 4 nitrogen and oxygen atoms in total. The molecule has 5 heteroatoms. The third-order valence-corrected chi connectivity index (χ3v) is 3.81. The molecule has 0 saturated heterocycles. The number of nitrogens with zero attached hydrogens (tertiary/aromatic N) is 3. The smallest absolute Gasteiger partial charge is 0.138 e. The number of hydrogen-bond donors (Lipinski definition) is 1. The lowest BCUT2D eigenvalue weighted by molar-refractivity contribution is 0.489. The SMILES string of the molecule is CCCNC(Cc1ncnn1CCC)c1ccsc1. The van der Waals surface area contributed by atoms with Gasteiger partial charge in [-0.2, -0.15) is 16.4 Å². The van der Waals surface area contributed by atoms with E-state index < -0.39 is 0 Å². The number of thiophene rings is 1. The average molecular weight is 278 g/mol. The summed E-state index contributed by atoms with van der Waals surface area (Å²) in [5.41, 5.74) is 1.35. The van der Waals surface area contributed by atoms with Crippen LogP contribution < -0.4 is 5.32 Å². The van der Waals surface area contributed by atoms with E-state index in [2.05, 4.69) is 46.1 Å². The molecule has 2 aromatic rings. The Morgan fingerprint density at radius 3 is 2.95 bits per heavy atom. The van der Waals surface area contributed by atoms with Gasteiger partial charge in [0, 0.05) is 19.0 Å². The quantitative estimate of drug-likeness (QED) is 0.807. The van der Waals surface area contributed by atoms with E-state index in [-0.39, 0.29) is 0 Å². The van der Waals surface area contributed by atoms with E-state index in [0.29, 0.717) is 6.04 Å². The molecule has 0 aliphatic rings. The van der Waals surface area contributed by atoms with Gasteiger partial charge in [-0.05, 0) is 41.8 Å². The second-order valence-electron chi connectivity index (χ2n) is 4.67. The Bertz CT molecular complexity index is 464. The number of hydrogen-bond acceptors (Lipinski definition) is 4. The fraction of sp³-hybridized carbons (Fsp3) is 0.571. The summed E-state index contributed by atoms with van der Waals surface area (Å²) in [7, 11) is 0. The lowest BCUT2D eigenvalue weighted by Gasteiger charge is -2.17. The maximum absolute atomic E-state index is 4.41. The molecule has 0 fully saturated rings. The van der Waals surface area contributed by atoms with Crippen molar-refractivity contribution in [3.8, 4) is 0 Å². The Balaban J connectivity index is 2.08. The Labute approximate surface area is 118 Å². The molecule has 0 bridgehead atoms. The van der Waals surface area contributed by atoms with Crippen molar-refractivity contribution in [2.75, 3.05) is 6.54 Å². The van der Waals surface area contributed by atoms with E-state index in [1.54, 1.807) is 17.7 Å². The van der Waals surface area contributed by atoms with Gasteiger partial charge in [0.25, 0.3) is 0 Å². The minimum atomic E-state index is 0.339. The molecule has 19 heavy (non-hydrogen) atoms. The monoisotopic (exact) mass is 278 g/mol. The van der Waals surface area contributed by atoms with Crippen molar-refractivity contribution in [3.63, 3.8) is 0 Å². The van der Waals surface area contributed by atoms with Crippen LogP contribution in [0.3, 0.4) is 0 Å². The Morgan fingerprint density at radius 1 is 1.37 bits per heavy atom. The van der Waals surface area contributed by atoms with Gasteiger partial charge in [-0.25, -0.2) is 4.98 Å². The molecule has 2 rings (SSSR count). The van der Waals surface area contributed by atoms with Gasteiger partial charge >= 0.3 is 0 Å². The van der Waals surface area contributed by atoms with E-state index in [0.717, 1.165) is 38.2 Å². The average Bonchev–Trinajstić information content (AvgIpc) is 3.06. The number of nitrogens with one attached hydrogen (secondary N) is 1. The van der Waals surface area contributed by atoms with Gasteiger partial charge in [-0.1, -0.05) is 13.8 Å². The third kappa shape index (κ3) is 3.88. The zero-order valence-electron chi connectivity index (χ0n) is 11.7. The molecular weight excluding hydrogens is 256 g/mol. The summed E-state index contributed by atoms with van der Waals surface area (Å²) in [6.07, 6.45) is 4.79. The van der Waals surface area contributed by atoms with Crippen LogP contribution in [0.1, 0.15) is 44.1 Å². The summed E-state index contributed by atoms with van der Waals surface area (Å²) in [6.45, 7) is 6.33. The third-order valence-electron chi connectivity index (χ3n) is 3.10. The molecule has 0 amide bonds. The predicted octanol–water partition coefficient (Wildman–Crippen LogP) is 3.03. The van der Waals surface area contributed by atoms with Crippen LogP contribution in [0.2, 0.25) is 0 Å². The highest BCUT2D eigenvalue weighted by Crippen LogP contribution is 2.20. The normalized spacial score (nSPS) is 12.7. The van der Waals surface area contributed by atoms with Crippen LogP contribution in [-0.4, -0.2) is 21.3 Å². The van der Waals surface area contributed by atoms with E-state index in [4.69, 9.17) is 0 Å². The molecule has 0 aliphatic heterocycles. The molecule has 0 spiro atoms. The van der Waals surface area contributed by atoms with Crippen LogP contribution in [0.4, 0.5) is 0 Å². The molecule has 1 atom stereocenters. The van der Waals surface area contributed by atoms with Crippen LogP contribution >= 0.6 is 11.3 Å². The van der Waals surface area contributed by atoms with Crippen LogP contribution in [0.5, 0.6) is 0 Å². The fourth-order valence-corrected chi connectivity index (χ4v) is 2.84. The van der Waals surface area contributed by atoms with Gasteiger partial charge in [0.15, 0.2) is 0 Å². The van der Waals surface area contributed by atoms with E-state index in [1.807, 2.05) is 4.68 Å². The van der Waals surface area contributed by atoms with Crippen LogP contribution in [0, 0.1) is 0 Å². The molecule has 2 aromatic heterocycles. The highest BCUT2D eigenvalue weighted by Gasteiger charge is 2.15. The zero-order chi connectivity index (χ0) is 13.5. The van der Waals surface area contributed by atoms with Crippen LogP contribution in [0.25, 0.3) is 0 Å². The van der Waals surface area contributed by atoms with Crippen molar-refractivity contribution < 1.29 is 0 Å². The first-order chi connectivity index (χ1) is 9.35. The van der Waals surface area contributed by atoms with Gasteiger partial charge in [0.1, 0.15) is 12.2 Å². The van der Waals surface area contributed by atoms with Crippen molar-refractivity contribution in [3.05, 3.63) is 34.5 Å². The highest BCUT2D eigenvalue weighted by molar-refractivity contribution is 7.07. The van der Waals surface area contributed by atoms with Crippen LogP contribution in [-0.2, 0) is 13.0 Å². The number of aryl methyl sites for hydroxylation is 1. The maximum atomic E-state index is 4.41. The lowest BCUT2D eigenvalue weighted by Crippen LogP contribution is -2.25. The molecule has 0 aromatic carbocycles. The first-order valence-electron chi connectivity index (χ1n) is 6.97.